The highest BCUT2D eigenvalue weighted by molar-refractivity contribution is 5.54. The molecule has 1 aromatic carbocycles. The Labute approximate surface area is 119 Å². The molecule has 0 unspecified atom stereocenters. The number of hydrogen-bond donors (Lipinski definition) is 2. The lowest BCUT2D eigenvalue weighted by Gasteiger charge is -2.16. The smallest absolute Gasteiger partial charge is 0.238 e. The van der Waals surface area contributed by atoms with E-state index >= 15 is 0 Å². The Balaban J connectivity index is 2.35. The van der Waals surface area contributed by atoms with Crippen molar-refractivity contribution in [2.45, 2.75) is 26.4 Å². The standard InChI is InChI=1S/C15H21N3O2/c1-11-13(16-4)18(12-8-6-5-7-9-12)17-14(11)20-10-15(2,3)19/h5-9,16,19H,10H2,1-4H3. The normalized spacial score (nSPS) is 11.4. The first-order valence-corrected chi connectivity index (χ1v) is 6.60. The molecule has 20 heavy (non-hydrogen) atoms. The zero-order valence-electron chi connectivity index (χ0n) is 12.3. The lowest BCUT2D eigenvalue weighted by atomic mass is 10.2. The average molecular weight is 275 g/mol. The maximum Gasteiger partial charge on any atom is 0.238 e. The van der Waals surface area contributed by atoms with Crippen molar-refractivity contribution in [3.8, 4) is 11.6 Å². The van der Waals surface area contributed by atoms with Gasteiger partial charge in [0.1, 0.15) is 12.4 Å². The molecule has 0 fully saturated rings. The summed E-state index contributed by atoms with van der Waals surface area (Å²) in [6.07, 6.45) is 0. The van der Waals surface area contributed by atoms with Crippen molar-refractivity contribution < 1.29 is 9.84 Å². The van der Waals surface area contributed by atoms with Crippen LogP contribution in [0.3, 0.4) is 0 Å². The van der Waals surface area contributed by atoms with Gasteiger partial charge in [0.05, 0.1) is 16.9 Å². The number of nitrogens with zero attached hydrogens (tertiary/aromatic N) is 2. The van der Waals surface area contributed by atoms with Gasteiger partial charge in [0.15, 0.2) is 0 Å². The Morgan fingerprint density at radius 1 is 1.30 bits per heavy atom. The minimum atomic E-state index is -0.886. The van der Waals surface area contributed by atoms with Gasteiger partial charge in [-0.05, 0) is 32.9 Å². The minimum absolute atomic E-state index is 0.197. The van der Waals surface area contributed by atoms with Gasteiger partial charge in [-0.1, -0.05) is 18.2 Å². The lowest BCUT2D eigenvalue weighted by molar-refractivity contribution is 0.0265. The SMILES string of the molecule is CNc1c(C)c(OCC(C)(C)O)nn1-c1ccccc1. The van der Waals surface area contributed by atoms with Gasteiger partial charge >= 0.3 is 0 Å². The van der Waals surface area contributed by atoms with Crippen LogP contribution in [-0.2, 0) is 0 Å². The summed E-state index contributed by atoms with van der Waals surface area (Å²) in [6.45, 7) is 5.55. The molecule has 0 saturated heterocycles. The Kier molecular flexibility index (Phi) is 3.99. The third-order valence-electron chi connectivity index (χ3n) is 2.88. The molecule has 0 atom stereocenters. The molecule has 0 aliphatic heterocycles. The molecule has 1 aromatic heterocycles. The van der Waals surface area contributed by atoms with Crippen LogP contribution in [0.1, 0.15) is 19.4 Å². The maximum absolute atomic E-state index is 9.74. The average Bonchev–Trinajstić information content (AvgIpc) is 2.73. The monoisotopic (exact) mass is 275 g/mol. The second-order valence-electron chi connectivity index (χ2n) is 5.38. The number of aliphatic hydroxyl groups is 1. The van der Waals surface area contributed by atoms with Crippen molar-refractivity contribution in [2.24, 2.45) is 0 Å². The van der Waals surface area contributed by atoms with Crippen molar-refractivity contribution in [3.05, 3.63) is 35.9 Å². The van der Waals surface area contributed by atoms with Gasteiger partial charge in [-0.15, -0.1) is 5.10 Å². The number of ether oxygens (including phenoxy) is 1. The van der Waals surface area contributed by atoms with Crippen LogP contribution in [0.5, 0.6) is 5.88 Å². The van der Waals surface area contributed by atoms with Crippen LogP contribution in [0.4, 0.5) is 5.82 Å². The summed E-state index contributed by atoms with van der Waals surface area (Å²) in [6, 6.07) is 9.84. The van der Waals surface area contributed by atoms with Crippen molar-refractivity contribution in [1.82, 2.24) is 9.78 Å². The summed E-state index contributed by atoms with van der Waals surface area (Å²) in [7, 11) is 1.85. The van der Waals surface area contributed by atoms with E-state index in [2.05, 4.69) is 10.4 Å². The number of hydrogen-bond acceptors (Lipinski definition) is 4. The quantitative estimate of drug-likeness (QED) is 0.879. The molecule has 5 nitrogen and oxygen atoms in total. The zero-order chi connectivity index (χ0) is 14.8. The van der Waals surface area contributed by atoms with E-state index in [1.54, 1.807) is 18.5 Å². The summed E-state index contributed by atoms with van der Waals surface area (Å²) < 4.78 is 7.42. The summed E-state index contributed by atoms with van der Waals surface area (Å²) in [5.41, 5.74) is 0.988. The van der Waals surface area contributed by atoms with Gasteiger partial charge < -0.3 is 15.2 Å². The summed E-state index contributed by atoms with van der Waals surface area (Å²) in [5.74, 6) is 1.40. The van der Waals surface area contributed by atoms with Crippen LogP contribution in [0.2, 0.25) is 0 Å². The molecule has 0 radical (unpaired) electrons. The summed E-state index contributed by atoms with van der Waals surface area (Å²) in [4.78, 5) is 0. The number of nitrogens with one attached hydrogen (secondary N) is 1. The summed E-state index contributed by atoms with van der Waals surface area (Å²) in [5, 5.41) is 17.4. The molecule has 0 aliphatic rings. The molecule has 0 saturated carbocycles. The van der Waals surface area contributed by atoms with E-state index < -0.39 is 5.60 Å². The first kappa shape index (κ1) is 14.4. The van der Waals surface area contributed by atoms with E-state index in [0.717, 1.165) is 17.1 Å². The highest BCUT2D eigenvalue weighted by Crippen LogP contribution is 2.28. The molecule has 108 valence electrons. The van der Waals surface area contributed by atoms with Gasteiger partial charge in [0.2, 0.25) is 5.88 Å². The molecular weight excluding hydrogens is 254 g/mol. The molecule has 2 N–H and O–H groups in total. The van der Waals surface area contributed by atoms with Crippen LogP contribution in [0.25, 0.3) is 5.69 Å². The number of para-hydroxylation sites is 1. The topological polar surface area (TPSA) is 59.3 Å². The van der Waals surface area contributed by atoms with Crippen LogP contribution in [0, 0.1) is 6.92 Å². The van der Waals surface area contributed by atoms with Crippen LogP contribution >= 0.6 is 0 Å². The Hall–Kier alpha value is -2.01. The van der Waals surface area contributed by atoms with Crippen molar-refractivity contribution >= 4 is 5.82 Å². The van der Waals surface area contributed by atoms with E-state index in [-0.39, 0.29) is 6.61 Å². The predicted molar refractivity (Wildman–Crippen MR) is 79.6 cm³/mol. The minimum Gasteiger partial charge on any atom is -0.473 e. The van der Waals surface area contributed by atoms with E-state index in [0.29, 0.717) is 5.88 Å². The molecule has 5 heteroatoms. The largest absolute Gasteiger partial charge is 0.473 e. The number of anilines is 1. The second-order valence-corrected chi connectivity index (χ2v) is 5.38. The van der Waals surface area contributed by atoms with E-state index in [4.69, 9.17) is 4.74 Å². The Morgan fingerprint density at radius 2 is 1.95 bits per heavy atom. The molecule has 1 heterocycles. The fourth-order valence-corrected chi connectivity index (χ4v) is 1.91. The summed E-state index contributed by atoms with van der Waals surface area (Å²) >= 11 is 0. The Morgan fingerprint density at radius 3 is 2.50 bits per heavy atom. The van der Waals surface area contributed by atoms with Crippen LogP contribution < -0.4 is 10.1 Å². The predicted octanol–water partition coefficient (Wildman–Crippen LogP) is 2.37. The first-order valence-electron chi connectivity index (χ1n) is 6.60. The third kappa shape index (κ3) is 3.11. The first-order chi connectivity index (χ1) is 9.42. The molecule has 0 bridgehead atoms. The lowest BCUT2D eigenvalue weighted by Crippen LogP contribution is -2.28. The molecule has 0 aliphatic carbocycles. The second kappa shape index (κ2) is 5.54. The number of rotatable bonds is 5. The fourth-order valence-electron chi connectivity index (χ4n) is 1.91. The van der Waals surface area contributed by atoms with E-state index in [9.17, 15) is 5.11 Å². The van der Waals surface area contributed by atoms with Gasteiger partial charge in [-0.2, -0.15) is 0 Å². The van der Waals surface area contributed by atoms with Crippen LogP contribution in [0.15, 0.2) is 30.3 Å². The van der Waals surface area contributed by atoms with Crippen LogP contribution in [-0.4, -0.2) is 34.1 Å². The molecule has 0 amide bonds. The highest BCUT2D eigenvalue weighted by atomic mass is 16.5. The van der Waals surface area contributed by atoms with Gasteiger partial charge in [0.25, 0.3) is 0 Å². The Bertz CT molecular complexity index is 571. The van der Waals surface area contributed by atoms with E-state index in [1.807, 2.05) is 44.3 Å². The fraction of sp³-hybridized carbons (Fsp3) is 0.400. The van der Waals surface area contributed by atoms with Crippen molar-refractivity contribution in [2.75, 3.05) is 19.0 Å². The molecule has 0 spiro atoms. The number of aromatic nitrogens is 2. The van der Waals surface area contributed by atoms with Gasteiger partial charge in [0, 0.05) is 7.05 Å². The van der Waals surface area contributed by atoms with Gasteiger partial charge in [-0.25, -0.2) is 4.68 Å². The highest BCUT2D eigenvalue weighted by Gasteiger charge is 2.19. The zero-order valence-corrected chi connectivity index (χ0v) is 12.3. The maximum atomic E-state index is 9.74. The third-order valence-corrected chi connectivity index (χ3v) is 2.88. The van der Waals surface area contributed by atoms with Crippen molar-refractivity contribution in [3.63, 3.8) is 0 Å². The van der Waals surface area contributed by atoms with E-state index in [1.165, 1.54) is 0 Å². The molecule has 2 aromatic rings. The number of benzene rings is 1. The molecule has 2 rings (SSSR count). The molecular formula is C15H21N3O2. The van der Waals surface area contributed by atoms with Crippen molar-refractivity contribution in [1.29, 1.82) is 0 Å². The van der Waals surface area contributed by atoms with Gasteiger partial charge in [-0.3, -0.25) is 0 Å².